The van der Waals surface area contributed by atoms with Crippen LogP contribution in [0.15, 0.2) is 36.4 Å². The van der Waals surface area contributed by atoms with Gasteiger partial charge in [-0.15, -0.1) is 0 Å². The zero-order valence-corrected chi connectivity index (χ0v) is 21.7. The van der Waals surface area contributed by atoms with Gasteiger partial charge in [-0.1, -0.05) is 23.7 Å². The molecule has 6 nitrogen and oxygen atoms in total. The Balaban J connectivity index is 1.49. The maximum Gasteiger partial charge on any atom is 0.251 e. The van der Waals surface area contributed by atoms with E-state index in [9.17, 15) is 10.1 Å². The molecule has 2 aromatic carbocycles. The quantitative estimate of drug-likeness (QED) is 0.536. The van der Waals surface area contributed by atoms with Crippen LogP contribution in [0.4, 0.5) is 0 Å². The summed E-state index contributed by atoms with van der Waals surface area (Å²) >= 11 is 6.53. The van der Waals surface area contributed by atoms with Crippen LogP contribution in [-0.4, -0.2) is 36.2 Å². The monoisotopic (exact) mass is 495 g/mol. The highest BCUT2D eigenvalue weighted by molar-refractivity contribution is 6.32. The number of hydrogen-bond acceptors (Lipinski definition) is 5. The number of nitrogens with one attached hydrogen (secondary N) is 2. The second-order valence-corrected chi connectivity index (χ2v) is 11.3. The minimum Gasteiger partial charge on any atom is -0.454 e. The van der Waals surface area contributed by atoms with Gasteiger partial charge in [-0.2, -0.15) is 5.26 Å². The highest BCUT2D eigenvalue weighted by Gasteiger charge is 2.38. The summed E-state index contributed by atoms with van der Waals surface area (Å²) in [4.78, 5) is 13.0. The van der Waals surface area contributed by atoms with Crippen molar-refractivity contribution in [1.29, 1.82) is 5.26 Å². The molecule has 35 heavy (non-hydrogen) atoms. The van der Waals surface area contributed by atoms with E-state index in [1.165, 1.54) is 0 Å². The number of halogens is 1. The van der Waals surface area contributed by atoms with Crippen LogP contribution in [0.5, 0.6) is 11.5 Å². The average Bonchev–Trinajstić information content (AvgIpc) is 2.78. The zero-order valence-electron chi connectivity index (χ0n) is 20.9. The van der Waals surface area contributed by atoms with Gasteiger partial charge in [0.15, 0.2) is 0 Å². The van der Waals surface area contributed by atoms with Crippen molar-refractivity contribution in [2.24, 2.45) is 0 Å². The lowest BCUT2D eigenvalue weighted by atomic mass is 9.79. The first-order chi connectivity index (χ1) is 16.6. The molecule has 4 rings (SSSR count). The van der Waals surface area contributed by atoms with Crippen molar-refractivity contribution >= 4 is 17.5 Å². The van der Waals surface area contributed by atoms with Crippen molar-refractivity contribution < 1.29 is 14.3 Å². The second-order valence-electron chi connectivity index (χ2n) is 10.9. The number of hydrogen-bond donors (Lipinski definition) is 2. The molecule has 186 valence electrons. The first-order valence-corrected chi connectivity index (χ1v) is 12.6. The molecule has 0 spiro atoms. The van der Waals surface area contributed by atoms with Gasteiger partial charge in [-0.05, 0) is 89.1 Å². The second kappa shape index (κ2) is 10.2. The third kappa shape index (κ3) is 6.16. The van der Waals surface area contributed by atoms with Gasteiger partial charge >= 0.3 is 0 Å². The first kappa shape index (κ1) is 25.5. The molecule has 2 aliphatic heterocycles. The molecule has 1 amide bonds. The summed E-state index contributed by atoms with van der Waals surface area (Å²) in [6.45, 7) is 10.0. The molecule has 2 heterocycles. The number of benzene rings is 2. The Labute approximate surface area is 213 Å². The Hall–Kier alpha value is -2.59. The van der Waals surface area contributed by atoms with E-state index in [1.54, 1.807) is 24.3 Å². The summed E-state index contributed by atoms with van der Waals surface area (Å²) in [6.07, 6.45) is 3.46. The number of carbonyl (C=O) groups excluding carboxylic acids is 1. The lowest BCUT2D eigenvalue weighted by molar-refractivity contribution is 0.0852. The molecule has 7 heteroatoms. The van der Waals surface area contributed by atoms with Gasteiger partial charge in [0, 0.05) is 35.9 Å². The molecular formula is C28H34ClN3O3. The Bertz CT molecular complexity index is 1120. The third-order valence-corrected chi connectivity index (χ3v) is 7.07. The SMILES string of the molecule is CC1(C)CC(NC(=O)c2ccc(Oc3cccc(C4CCOCC4)c3C#N)c(Cl)c2)CC(C)(C)N1. The standard InChI is InChI=1S/C28H34ClN3O3/c1-27(2)15-20(16-28(3,4)32-27)31-26(33)19-8-9-25(23(29)14-19)35-24-7-5-6-21(22(24)17-30)18-10-12-34-13-11-18/h5-9,14,18,20,32H,10-13,15-16H2,1-4H3,(H,31,33). The van der Waals surface area contributed by atoms with Crippen LogP contribution >= 0.6 is 11.6 Å². The molecule has 0 aliphatic carbocycles. The molecule has 2 fully saturated rings. The van der Waals surface area contributed by atoms with E-state index in [0.29, 0.717) is 40.9 Å². The highest BCUT2D eigenvalue weighted by Crippen LogP contribution is 2.37. The van der Waals surface area contributed by atoms with Gasteiger partial charge < -0.3 is 20.1 Å². The van der Waals surface area contributed by atoms with Gasteiger partial charge in [0.2, 0.25) is 0 Å². The fourth-order valence-corrected chi connectivity index (χ4v) is 5.86. The molecular weight excluding hydrogens is 462 g/mol. The summed E-state index contributed by atoms with van der Waals surface area (Å²) in [7, 11) is 0. The van der Waals surface area contributed by atoms with Crippen molar-refractivity contribution in [3.63, 3.8) is 0 Å². The van der Waals surface area contributed by atoms with E-state index in [2.05, 4.69) is 44.4 Å². The topological polar surface area (TPSA) is 83.4 Å². The lowest BCUT2D eigenvalue weighted by Crippen LogP contribution is -2.62. The summed E-state index contributed by atoms with van der Waals surface area (Å²) in [5.41, 5.74) is 1.86. The van der Waals surface area contributed by atoms with E-state index in [4.69, 9.17) is 21.1 Å². The van der Waals surface area contributed by atoms with E-state index < -0.39 is 0 Å². The normalized spacial score (nSPS) is 20.1. The lowest BCUT2D eigenvalue weighted by Gasteiger charge is -2.46. The van der Waals surface area contributed by atoms with E-state index >= 15 is 0 Å². The molecule has 0 unspecified atom stereocenters. The Morgan fingerprint density at radius 1 is 1.11 bits per heavy atom. The summed E-state index contributed by atoms with van der Waals surface area (Å²) < 4.78 is 11.5. The first-order valence-electron chi connectivity index (χ1n) is 12.3. The molecule has 0 radical (unpaired) electrons. The largest absolute Gasteiger partial charge is 0.454 e. The minimum atomic E-state index is -0.156. The van der Waals surface area contributed by atoms with Gasteiger partial charge in [0.05, 0.1) is 10.6 Å². The summed E-state index contributed by atoms with van der Waals surface area (Å²) in [6, 6.07) is 13.1. The number of piperidine rings is 1. The van der Waals surface area contributed by atoms with Crippen LogP contribution < -0.4 is 15.4 Å². The molecule has 0 bridgehead atoms. The highest BCUT2D eigenvalue weighted by atomic mass is 35.5. The molecule has 0 atom stereocenters. The van der Waals surface area contributed by atoms with E-state index in [1.807, 2.05) is 12.1 Å². The van der Waals surface area contributed by atoms with Gasteiger partial charge in [-0.25, -0.2) is 0 Å². The minimum absolute atomic E-state index is 0.0628. The number of amides is 1. The van der Waals surface area contributed by atoms with Gasteiger partial charge in [-0.3, -0.25) is 4.79 Å². The van der Waals surface area contributed by atoms with Crippen LogP contribution in [-0.2, 0) is 4.74 Å². The number of ether oxygens (including phenoxy) is 2. The Kier molecular flexibility index (Phi) is 7.42. The maximum absolute atomic E-state index is 13.0. The fraction of sp³-hybridized carbons (Fsp3) is 0.500. The van der Waals surface area contributed by atoms with Crippen molar-refractivity contribution in [1.82, 2.24) is 10.6 Å². The van der Waals surface area contributed by atoms with E-state index in [-0.39, 0.29) is 28.9 Å². The molecule has 2 saturated heterocycles. The van der Waals surface area contributed by atoms with Crippen molar-refractivity contribution in [2.45, 2.75) is 76.4 Å². The molecule has 0 saturated carbocycles. The Morgan fingerprint density at radius 2 is 1.80 bits per heavy atom. The number of rotatable bonds is 5. The maximum atomic E-state index is 13.0. The number of nitriles is 1. The van der Waals surface area contributed by atoms with Crippen LogP contribution in [0.3, 0.4) is 0 Å². The zero-order chi connectivity index (χ0) is 25.2. The smallest absolute Gasteiger partial charge is 0.251 e. The van der Waals surface area contributed by atoms with Crippen molar-refractivity contribution in [3.8, 4) is 17.6 Å². The van der Waals surface area contributed by atoms with Crippen LogP contribution in [0.25, 0.3) is 0 Å². The number of carbonyl (C=O) groups is 1. The van der Waals surface area contributed by atoms with Crippen LogP contribution in [0.1, 0.15) is 80.8 Å². The third-order valence-electron chi connectivity index (χ3n) is 6.77. The predicted molar refractivity (Wildman–Crippen MR) is 137 cm³/mol. The van der Waals surface area contributed by atoms with Crippen molar-refractivity contribution in [3.05, 3.63) is 58.1 Å². The van der Waals surface area contributed by atoms with Gasteiger partial charge in [0.25, 0.3) is 5.91 Å². The molecule has 2 aromatic rings. The molecule has 2 N–H and O–H groups in total. The fourth-order valence-electron chi connectivity index (χ4n) is 5.64. The predicted octanol–water partition coefficient (Wildman–Crippen LogP) is 5.94. The Morgan fingerprint density at radius 3 is 2.43 bits per heavy atom. The summed E-state index contributed by atoms with van der Waals surface area (Å²) in [5, 5.41) is 17.0. The van der Waals surface area contributed by atoms with E-state index in [0.717, 1.165) is 31.2 Å². The molecule has 2 aliphatic rings. The number of nitrogens with zero attached hydrogens (tertiary/aromatic N) is 1. The van der Waals surface area contributed by atoms with Crippen LogP contribution in [0.2, 0.25) is 5.02 Å². The van der Waals surface area contributed by atoms with Crippen LogP contribution in [0, 0.1) is 11.3 Å². The summed E-state index contributed by atoms with van der Waals surface area (Å²) in [5.74, 6) is 0.993. The van der Waals surface area contributed by atoms with Crippen molar-refractivity contribution in [2.75, 3.05) is 13.2 Å². The molecule has 0 aromatic heterocycles. The van der Waals surface area contributed by atoms with Gasteiger partial charge in [0.1, 0.15) is 17.6 Å². The average molecular weight is 496 g/mol.